The quantitative estimate of drug-likeness (QED) is 0.826. The van der Waals surface area contributed by atoms with Gasteiger partial charge in [0.05, 0.1) is 11.4 Å². The largest absolute Gasteiger partial charge is 0.339 e. The lowest BCUT2D eigenvalue weighted by Gasteiger charge is -2.41. The van der Waals surface area contributed by atoms with Gasteiger partial charge in [-0.15, -0.1) is 0 Å². The van der Waals surface area contributed by atoms with Gasteiger partial charge in [-0.2, -0.15) is 0 Å². The molecule has 2 heterocycles. The minimum absolute atomic E-state index is 0.693. The number of rotatable bonds is 2. The standard InChI is InChI=1S/C18H20N2S/c1-19(2)11-13-10-14-6-5-9-17-18(14)20(12-13)15-7-3-4-8-16(15)21-17/h3-9,13H,10-12H2,1-2H3. The highest BCUT2D eigenvalue weighted by molar-refractivity contribution is 7.99. The van der Waals surface area contributed by atoms with Crippen LogP contribution in [0.25, 0.3) is 0 Å². The number of para-hydroxylation sites is 2. The summed E-state index contributed by atoms with van der Waals surface area (Å²) >= 11 is 1.91. The molecular weight excluding hydrogens is 276 g/mol. The monoisotopic (exact) mass is 296 g/mol. The van der Waals surface area contributed by atoms with Crippen molar-refractivity contribution in [3.63, 3.8) is 0 Å². The number of fused-ring (bicyclic) bond motifs is 2. The summed E-state index contributed by atoms with van der Waals surface area (Å²) in [7, 11) is 4.35. The number of nitrogens with zero attached hydrogens (tertiary/aromatic N) is 2. The van der Waals surface area contributed by atoms with Crippen molar-refractivity contribution < 1.29 is 0 Å². The van der Waals surface area contributed by atoms with Gasteiger partial charge in [0, 0.05) is 22.9 Å². The molecular formula is C18H20N2S. The van der Waals surface area contributed by atoms with Crippen LogP contribution in [-0.2, 0) is 6.42 Å². The first-order chi connectivity index (χ1) is 10.2. The summed E-state index contributed by atoms with van der Waals surface area (Å²) in [6.07, 6.45) is 1.20. The fraction of sp³-hybridized carbons (Fsp3) is 0.333. The summed E-state index contributed by atoms with van der Waals surface area (Å²) in [4.78, 5) is 7.65. The molecule has 108 valence electrons. The summed E-state index contributed by atoms with van der Waals surface area (Å²) in [5, 5.41) is 0. The summed E-state index contributed by atoms with van der Waals surface area (Å²) < 4.78 is 0. The second kappa shape index (κ2) is 5.08. The Morgan fingerprint density at radius 1 is 1.10 bits per heavy atom. The van der Waals surface area contributed by atoms with Gasteiger partial charge >= 0.3 is 0 Å². The van der Waals surface area contributed by atoms with Gasteiger partial charge in [0.2, 0.25) is 0 Å². The second-order valence-corrected chi connectivity index (χ2v) is 7.36. The molecule has 2 aromatic carbocycles. The second-order valence-electron chi connectivity index (χ2n) is 6.28. The normalized spacial score (nSPS) is 19.4. The van der Waals surface area contributed by atoms with Crippen molar-refractivity contribution in [3.8, 4) is 0 Å². The minimum atomic E-state index is 0.693. The Balaban J connectivity index is 1.81. The molecule has 0 aliphatic carbocycles. The molecule has 0 aromatic heterocycles. The lowest BCUT2D eigenvalue weighted by Crippen LogP contribution is -2.38. The molecule has 0 amide bonds. The van der Waals surface area contributed by atoms with Crippen LogP contribution >= 0.6 is 11.8 Å². The van der Waals surface area contributed by atoms with Gasteiger partial charge in [-0.25, -0.2) is 0 Å². The zero-order chi connectivity index (χ0) is 14.4. The van der Waals surface area contributed by atoms with Crippen LogP contribution in [-0.4, -0.2) is 32.1 Å². The molecule has 4 rings (SSSR count). The molecule has 0 saturated carbocycles. The lowest BCUT2D eigenvalue weighted by molar-refractivity contribution is 0.321. The molecule has 2 aliphatic heterocycles. The zero-order valence-corrected chi connectivity index (χ0v) is 13.4. The molecule has 2 aromatic rings. The summed E-state index contributed by atoms with van der Waals surface area (Å²) in [5.41, 5.74) is 4.34. The summed E-state index contributed by atoms with van der Waals surface area (Å²) in [6, 6.07) is 15.6. The van der Waals surface area contributed by atoms with Crippen LogP contribution in [0.3, 0.4) is 0 Å². The van der Waals surface area contributed by atoms with Gasteiger partial charge < -0.3 is 9.80 Å². The topological polar surface area (TPSA) is 6.48 Å². The van der Waals surface area contributed by atoms with E-state index in [1.54, 1.807) is 0 Å². The highest BCUT2D eigenvalue weighted by atomic mass is 32.2. The molecule has 1 unspecified atom stereocenters. The first kappa shape index (κ1) is 13.2. The third kappa shape index (κ3) is 2.25. The van der Waals surface area contributed by atoms with Crippen LogP contribution in [0, 0.1) is 5.92 Å². The Bertz CT molecular complexity index is 681. The molecule has 1 atom stereocenters. The third-order valence-electron chi connectivity index (χ3n) is 4.30. The van der Waals surface area contributed by atoms with Crippen LogP contribution in [0.1, 0.15) is 5.56 Å². The van der Waals surface area contributed by atoms with Gasteiger partial charge in [-0.1, -0.05) is 36.0 Å². The SMILES string of the molecule is CN(C)CC1Cc2cccc3c2N(C1)c1ccccc1S3. The van der Waals surface area contributed by atoms with Gasteiger partial charge in [-0.05, 0) is 50.2 Å². The van der Waals surface area contributed by atoms with E-state index in [1.807, 2.05) is 11.8 Å². The maximum atomic E-state index is 2.55. The van der Waals surface area contributed by atoms with Crippen molar-refractivity contribution in [3.05, 3.63) is 48.0 Å². The third-order valence-corrected chi connectivity index (χ3v) is 5.42. The minimum Gasteiger partial charge on any atom is -0.339 e. The average molecular weight is 296 g/mol. The van der Waals surface area contributed by atoms with Crippen molar-refractivity contribution in [2.75, 3.05) is 32.1 Å². The summed E-state index contributed by atoms with van der Waals surface area (Å²) in [5.74, 6) is 0.693. The number of benzene rings is 2. The first-order valence-electron chi connectivity index (χ1n) is 7.53. The highest BCUT2D eigenvalue weighted by Crippen LogP contribution is 2.51. The van der Waals surface area contributed by atoms with E-state index < -0.39 is 0 Å². The van der Waals surface area contributed by atoms with Gasteiger partial charge in [0.25, 0.3) is 0 Å². The van der Waals surface area contributed by atoms with Crippen molar-refractivity contribution in [1.29, 1.82) is 0 Å². The van der Waals surface area contributed by atoms with Crippen LogP contribution in [0.15, 0.2) is 52.3 Å². The van der Waals surface area contributed by atoms with Crippen LogP contribution in [0.5, 0.6) is 0 Å². The first-order valence-corrected chi connectivity index (χ1v) is 8.35. The smallest absolute Gasteiger partial charge is 0.0585 e. The van der Waals surface area contributed by atoms with Crippen LogP contribution in [0.4, 0.5) is 11.4 Å². The van der Waals surface area contributed by atoms with Crippen LogP contribution in [0.2, 0.25) is 0 Å². The predicted molar refractivity (Wildman–Crippen MR) is 89.8 cm³/mol. The lowest BCUT2D eigenvalue weighted by atomic mass is 9.91. The summed E-state index contributed by atoms with van der Waals surface area (Å²) in [6.45, 7) is 2.27. The van der Waals surface area contributed by atoms with E-state index in [4.69, 9.17) is 0 Å². The Morgan fingerprint density at radius 2 is 1.90 bits per heavy atom. The number of hydrogen-bond acceptors (Lipinski definition) is 3. The van der Waals surface area contributed by atoms with Crippen LogP contribution < -0.4 is 4.90 Å². The van der Waals surface area contributed by atoms with E-state index in [2.05, 4.69) is 66.4 Å². The van der Waals surface area contributed by atoms with Crippen molar-refractivity contribution >= 4 is 23.1 Å². The van der Waals surface area contributed by atoms with Gasteiger partial charge in [-0.3, -0.25) is 0 Å². The molecule has 0 saturated heterocycles. The molecule has 2 nitrogen and oxygen atoms in total. The molecule has 0 N–H and O–H groups in total. The number of anilines is 2. The maximum Gasteiger partial charge on any atom is 0.0585 e. The molecule has 21 heavy (non-hydrogen) atoms. The van der Waals surface area contributed by atoms with E-state index >= 15 is 0 Å². The predicted octanol–water partition coefficient (Wildman–Crippen LogP) is 4.02. The molecule has 0 fully saturated rings. The molecule has 0 bridgehead atoms. The van der Waals surface area contributed by atoms with Gasteiger partial charge in [0.1, 0.15) is 0 Å². The van der Waals surface area contributed by atoms with Crippen molar-refractivity contribution in [2.24, 2.45) is 5.92 Å². The van der Waals surface area contributed by atoms with E-state index in [9.17, 15) is 0 Å². The van der Waals surface area contributed by atoms with E-state index in [1.165, 1.54) is 33.2 Å². The molecule has 2 aliphatic rings. The average Bonchev–Trinajstić information content (AvgIpc) is 2.47. The Morgan fingerprint density at radius 3 is 2.76 bits per heavy atom. The zero-order valence-electron chi connectivity index (χ0n) is 12.5. The Hall–Kier alpha value is -1.45. The maximum absolute atomic E-state index is 2.55. The van der Waals surface area contributed by atoms with E-state index in [0.717, 1.165) is 13.1 Å². The van der Waals surface area contributed by atoms with Gasteiger partial charge in [0.15, 0.2) is 0 Å². The fourth-order valence-corrected chi connectivity index (χ4v) is 4.74. The fourth-order valence-electron chi connectivity index (χ4n) is 3.59. The molecule has 3 heteroatoms. The van der Waals surface area contributed by atoms with E-state index in [0.29, 0.717) is 5.92 Å². The highest BCUT2D eigenvalue weighted by Gasteiger charge is 2.32. The Labute approximate surface area is 130 Å². The van der Waals surface area contributed by atoms with E-state index in [-0.39, 0.29) is 0 Å². The van der Waals surface area contributed by atoms with Crippen molar-refractivity contribution in [2.45, 2.75) is 16.2 Å². The molecule has 0 spiro atoms. The Kier molecular flexibility index (Phi) is 3.20. The van der Waals surface area contributed by atoms with Crippen molar-refractivity contribution in [1.82, 2.24) is 4.90 Å². The molecule has 0 radical (unpaired) electrons. The number of hydrogen-bond donors (Lipinski definition) is 0.